The van der Waals surface area contributed by atoms with E-state index in [1.807, 2.05) is 37.3 Å². The minimum absolute atomic E-state index is 0.228. The van der Waals surface area contributed by atoms with E-state index in [-0.39, 0.29) is 24.4 Å². The SMILES string of the molecule is Cc1cc(Cl)ccc1-c1ccc(NC(=O)[C@H](Cc2ccc(C(=O)NCCS(=O)(=O)O)cc2)c2ccc(-c3ccc(C(=O)C(F)(F)F)cc3)cc2)cc1. The van der Waals surface area contributed by atoms with Gasteiger partial charge < -0.3 is 10.6 Å². The van der Waals surface area contributed by atoms with Crippen molar-refractivity contribution >= 4 is 45.0 Å². The zero-order chi connectivity index (χ0) is 37.6. The predicted octanol–water partition coefficient (Wildman–Crippen LogP) is 8.31. The van der Waals surface area contributed by atoms with Crippen LogP contribution < -0.4 is 10.6 Å². The van der Waals surface area contributed by atoms with Crippen LogP contribution in [0.3, 0.4) is 0 Å². The highest BCUT2D eigenvalue weighted by Crippen LogP contribution is 2.30. The van der Waals surface area contributed by atoms with Gasteiger partial charge >= 0.3 is 6.18 Å². The molecule has 52 heavy (non-hydrogen) atoms. The Kier molecular flexibility index (Phi) is 11.6. The highest BCUT2D eigenvalue weighted by Gasteiger charge is 2.39. The third-order valence-corrected chi connectivity index (χ3v) is 9.28. The van der Waals surface area contributed by atoms with E-state index in [0.717, 1.165) is 34.4 Å². The van der Waals surface area contributed by atoms with E-state index in [1.165, 1.54) is 12.1 Å². The van der Waals surface area contributed by atoms with Crippen molar-refractivity contribution in [2.45, 2.75) is 25.4 Å². The molecule has 0 radical (unpaired) electrons. The molecule has 2 amide bonds. The third-order valence-electron chi connectivity index (χ3n) is 8.32. The van der Waals surface area contributed by atoms with Crippen LogP contribution >= 0.6 is 11.6 Å². The van der Waals surface area contributed by atoms with Gasteiger partial charge in [-0.2, -0.15) is 21.6 Å². The molecule has 0 heterocycles. The van der Waals surface area contributed by atoms with E-state index in [2.05, 4.69) is 10.6 Å². The lowest BCUT2D eigenvalue weighted by Gasteiger charge is -2.19. The van der Waals surface area contributed by atoms with Crippen LogP contribution in [0.25, 0.3) is 22.3 Å². The molecule has 0 aromatic heterocycles. The maximum atomic E-state index is 13.9. The number of benzene rings is 5. The molecule has 0 unspecified atom stereocenters. The van der Waals surface area contributed by atoms with E-state index in [4.69, 9.17) is 16.2 Å². The summed E-state index contributed by atoms with van der Waals surface area (Å²) in [6, 6.07) is 31.5. The van der Waals surface area contributed by atoms with Crippen LogP contribution in [0, 0.1) is 6.92 Å². The van der Waals surface area contributed by atoms with Crippen LogP contribution in [0.2, 0.25) is 5.02 Å². The van der Waals surface area contributed by atoms with Gasteiger partial charge in [0.2, 0.25) is 5.91 Å². The zero-order valence-corrected chi connectivity index (χ0v) is 29.1. The number of nitrogens with one attached hydrogen (secondary N) is 2. The Morgan fingerprint density at radius 2 is 1.33 bits per heavy atom. The summed E-state index contributed by atoms with van der Waals surface area (Å²) < 4.78 is 69.4. The van der Waals surface area contributed by atoms with Gasteiger partial charge in [-0.15, -0.1) is 0 Å². The molecule has 1 atom stereocenters. The lowest BCUT2D eigenvalue weighted by atomic mass is 9.89. The van der Waals surface area contributed by atoms with E-state index in [9.17, 15) is 36.0 Å². The standard InChI is InChI=1S/C39H32ClF3N2O6S/c1-24-22-32(40)16-19-34(24)28-14-17-33(18-15-28)45-38(48)35(23-25-2-4-31(5-3-25)37(47)44-20-21-52(49,50)51)29-10-6-26(7-11-29)27-8-12-30(13-9-27)36(46)39(41,42)43/h2-19,22,35H,20-21,23H2,1H3,(H,44,47)(H,45,48)(H,49,50,51)/t35-/m1/s1. The van der Waals surface area contributed by atoms with Gasteiger partial charge in [0.05, 0.1) is 11.7 Å². The molecule has 0 bridgehead atoms. The molecule has 5 aromatic carbocycles. The van der Waals surface area contributed by atoms with E-state index in [0.29, 0.717) is 27.4 Å². The maximum Gasteiger partial charge on any atom is 0.454 e. The van der Waals surface area contributed by atoms with Gasteiger partial charge in [-0.1, -0.05) is 90.5 Å². The molecule has 0 aliphatic carbocycles. The average molecular weight is 749 g/mol. The average Bonchev–Trinajstić information content (AvgIpc) is 3.10. The molecular weight excluding hydrogens is 717 g/mol. The summed E-state index contributed by atoms with van der Waals surface area (Å²) in [5, 5.41) is 6.04. The maximum absolute atomic E-state index is 13.9. The van der Waals surface area contributed by atoms with Crippen LogP contribution in [0.15, 0.2) is 115 Å². The van der Waals surface area contributed by atoms with Crippen molar-refractivity contribution in [3.8, 4) is 22.3 Å². The summed E-state index contributed by atoms with van der Waals surface area (Å²) >= 11 is 6.11. The van der Waals surface area contributed by atoms with Crippen LogP contribution in [0.4, 0.5) is 18.9 Å². The molecule has 13 heteroatoms. The molecule has 8 nitrogen and oxygen atoms in total. The van der Waals surface area contributed by atoms with Crippen molar-refractivity contribution in [3.63, 3.8) is 0 Å². The van der Waals surface area contributed by atoms with Gasteiger partial charge in [0.15, 0.2) is 0 Å². The topological polar surface area (TPSA) is 130 Å². The number of alkyl halides is 3. The lowest BCUT2D eigenvalue weighted by molar-refractivity contribution is -0.117. The molecule has 0 saturated carbocycles. The first-order valence-electron chi connectivity index (χ1n) is 15.9. The number of carbonyl (C=O) groups is 3. The fraction of sp³-hybridized carbons (Fsp3) is 0.154. The highest BCUT2D eigenvalue weighted by molar-refractivity contribution is 7.85. The monoisotopic (exact) mass is 748 g/mol. The number of hydrogen-bond acceptors (Lipinski definition) is 5. The normalized spacial score (nSPS) is 12.2. The van der Waals surface area contributed by atoms with Crippen LogP contribution in [0.1, 0.15) is 43.3 Å². The summed E-state index contributed by atoms with van der Waals surface area (Å²) in [4.78, 5) is 38.0. The van der Waals surface area contributed by atoms with Crippen molar-refractivity contribution in [2.24, 2.45) is 0 Å². The van der Waals surface area contributed by atoms with Gasteiger partial charge in [0.25, 0.3) is 21.8 Å². The molecule has 5 aromatic rings. The second kappa shape index (κ2) is 15.9. The fourth-order valence-electron chi connectivity index (χ4n) is 5.58. The van der Waals surface area contributed by atoms with Crippen molar-refractivity contribution in [1.29, 1.82) is 0 Å². The van der Waals surface area contributed by atoms with Crippen molar-refractivity contribution in [3.05, 3.63) is 148 Å². The number of amides is 2. The number of ketones is 1. The van der Waals surface area contributed by atoms with Gasteiger partial charge in [-0.3, -0.25) is 18.9 Å². The largest absolute Gasteiger partial charge is 0.454 e. The molecule has 0 saturated heterocycles. The fourth-order valence-corrected chi connectivity index (χ4v) is 6.17. The molecule has 0 spiro atoms. The first-order chi connectivity index (χ1) is 24.6. The van der Waals surface area contributed by atoms with Crippen molar-refractivity contribution < 1.29 is 40.5 Å². The number of anilines is 1. The molecule has 3 N–H and O–H groups in total. The highest BCUT2D eigenvalue weighted by atomic mass is 35.5. The lowest BCUT2D eigenvalue weighted by Crippen LogP contribution is -2.28. The van der Waals surface area contributed by atoms with E-state index in [1.54, 1.807) is 60.7 Å². The Bertz CT molecular complexity index is 2190. The second-order valence-electron chi connectivity index (χ2n) is 12.0. The minimum Gasteiger partial charge on any atom is -0.351 e. The Hall–Kier alpha value is -5.30. The number of Topliss-reactive ketones (excluding diaryl/α,β-unsaturated/α-hetero) is 1. The smallest absolute Gasteiger partial charge is 0.351 e. The molecular formula is C39H32ClF3N2O6S. The molecule has 5 rings (SSSR count). The Morgan fingerprint density at radius 1 is 0.769 bits per heavy atom. The number of carbonyl (C=O) groups excluding carboxylic acids is 3. The first-order valence-corrected chi connectivity index (χ1v) is 17.9. The number of halogens is 4. The van der Waals surface area contributed by atoms with Crippen molar-refractivity contribution in [2.75, 3.05) is 17.6 Å². The van der Waals surface area contributed by atoms with E-state index < -0.39 is 45.2 Å². The van der Waals surface area contributed by atoms with Crippen LogP contribution in [0.5, 0.6) is 0 Å². The van der Waals surface area contributed by atoms with Crippen LogP contribution in [-0.4, -0.2) is 49.0 Å². The molecule has 0 aliphatic rings. The summed E-state index contributed by atoms with van der Waals surface area (Å²) in [7, 11) is -4.23. The van der Waals surface area contributed by atoms with Gasteiger partial charge in [0.1, 0.15) is 0 Å². The number of hydrogen-bond donors (Lipinski definition) is 3. The second-order valence-corrected chi connectivity index (χ2v) is 14.1. The molecule has 0 aliphatic heterocycles. The minimum atomic E-state index is -4.98. The Labute approximate surface area is 303 Å². The summed E-state index contributed by atoms with van der Waals surface area (Å²) in [5.41, 5.74) is 5.88. The number of aryl methyl sites for hydroxylation is 1. The molecule has 0 fully saturated rings. The van der Waals surface area contributed by atoms with Gasteiger partial charge in [-0.25, -0.2) is 0 Å². The Balaban J connectivity index is 1.37. The third kappa shape index (κ3) is 9.93. The summed E-state index contributed by atoms with van der Waals surface area (Å²) in [5.74, 6) is -4.12. The van der Waals surface area contributed by atoms with Crippen LogP contribution in [-0.2, 0) is 21.3 Å². The zero-order valence-electron chi connectivity index (χ0n) is 27.6. The van der Waals surface area contributed by atoms with Crippen molar-refractivity contribution in [1.82, 2.24) is 5.32 Å². The first kappa shape index (κ1) is 37.9. The molecule has 268 valence electrons. The summed E-state index contributed by atoms with van der Waals surface area (Å²) in [6.45, 7) is 1.69. The predicted molar refractivity (Wildman–Crippen MR) is 194 cm³/mol. The number of rotatable bonds is 12. The van der Waals surface area contributed by atoms with Gasteiger partial charge in [0, 0.05) is 28.4 Å². The Morgan fingerprint density at radius 3 is 1.88 bits per heavy atom. The van der Waals surface area contributed by atoms with Gasteiger partial charge in [-0.05, 0) is 88.7 Å². The van der Waals surface area contributed by atoms with E-state index >= 15 is 0 Å². The quantitative estimate of drug-likeness (QED) is 0.0870. The summed E-state index contributed by atoms with van der Waals surface area (Å²) in [6.07, 6.45) is -4.75.